The molecule has 1 aliphatic heterocycles. The van der Waals surface area contributed by atoms with E-state index in [0.717, 1.165) is 42.6 Å². The average molecular weight is 337 g/mol. The van der Waals surface area contributed by atoms with Gasteiger partial charge in [0.25, 0.3) is 0 Å². The van der Waals surface area contributed by atoms with Crippen LogP contribution in [-0.2, 0) is 0 Å². The predicted octanol–water partition coefficient (Wildman–Crippen LogP) is 4.05. The highest BCUT2D eigenvalue weighted by atomic mass is 35.5. The Morgan fingerprint density at radius 3 is 2.65 bits per heavy atom. The van der Waals surface area contributed by atoms with Gasteiger partial charge < -0.3 is 9.64 Å². The molecule has 0 radical (unpaired) electrons. The fraction of sp³-hybridized carbons (Fsp3) is 0.500. The van der Waals surface area contributed by atoms with Crippen molar-refractivity contribution in [2.45, 2.75) is 31.8 Å². The van der Waals surface area contributed by atoms with Crippen molar-refractivity contribution in [3.63, 3.8) is 0 Å². The summed E-state index contributed by atoms with van der Waals surface area (Å²) in [5, 5.41) is 1.78. The van der Waals surface area contributed by atoms with E-state index in [1.165, 1.54) is 25.5 Å². The number of hydrogen-bond donors (Lipinski definition) is 0. The van der Waals surface area contributed by atoms with Crippen LogP contribution < -0.4 is 4.74 Å². The van der Waals surface area contributed by atoms with E-state index in [9.17, 15) is 4.39 Å². The standard InChI is InChI=1S/C18H21FN2O.ClH/c19-17-9-15-11-20-6-3-14(15)10-18(17)22-16-4-7-21(8-5-16)12-13-1-2-13;/h3,6,9-11,13,16H,1-2,4-5,7-8,12H2;1H. The Morgan fingerprint density at radius 2 is 1.91 bits per heavy atom. The number of pyridine rings is 1. The highest BCUT2D eigenvalue weighted by Crippen LogP contribution is 2.31. The largest absolute Gasteiger partial charge is 0.487 e. The Morgan fingerprint density at radius 1 is 1.13 bits per heavy atom. The number of piperidine rings is 1. The molecule has 4 rings (SSSR count). The topological polar surface area (TPSA) is 25.4 Å². The second-order valence-corrected chi connectivity index (χ2v) is 6.57. The molecule has 2 aliphatic rings. The van der Waals surface area contributed by atoms with Crippen LogP contribution in [-0.4, -0.2) is 35.6 Å². The first kappa shape index (κ1) is 16.5. The fourth-order valence-corrected chi connectivity index (χ4v) is 3.23. The van der Waals surface area contributed by atoms with E-state index < -0.39 is 0 Å². The molecule has 0 amide bonds. The van der Waals surface area contributed by atoms with E-state index >= 15 is 0 Å². The number of halogens is 2. The van der Waals surface area contributed by atoms with Crippen LogP contribution in [0.3, 0.4) is 0 Å². The lowest BCUT2D eigenvalue weighted by molar-refractivity contribution is 0.0949. The van der Waals surface area contributed by atoms with E-state index in [-0.39, 0.29) is 24.3 Å². The molecule has 0 N–H and O–H groups in total. The monoisotopic (exact) mass is 336 g/mol. The van der Waals surface area contributed by atoms with Gasteiger partial charge >= 0.3 is 0 Å². The molecule has 0 unspecified atom stereocenters. The molecule has 1 aliphatic carbocycles. The number of ether oxygens (including phenoxy) is 1. The Hall–Kier alpha value is -1.39. The summed E-state index contributed by atoms with van der Waals surface area (Å²) in [5.41, 5.74) is 0. The van der Waals surface area contributed by atoms with Gasteiger partial charge in [-0.15, -0.1) is 12.4 Å². The maximum atomic E-state index is 14.2. The molecule has 0 bridgehead atoms. The van der Waals surface area contributed by atoms with Crippen molar-refractivity contribution in [2.75, 3.05) is 19.6 Å². The van der Waals surface area contributed by atoms with Crippen LogP contribution >= 0.6 is 12.4 Å². The average Bonchev–Trinajstić information content (AvgIpc) is 3.34. The highest BCUT2D eigenvalue weighted by Gasteiger charge is 2.27. The summed E-state index contributed by atoms with van der Waals surface area (Å²) in [6.07, 6.45) is 8.30. The zero-order valence-electron chi connectivity index (χ0n) is 13.1. The number of aromatic nitrogens is 1. The maximum absolute atomic E-state index is 14.2. The number of nitrogens with zero attached hydrogens (tertiary/aromatic N) is 2. The minimum atomic E-state index is -0.291. The second kappa shape index (κ2) is 7.02. The lowest BCUT2D eigenvalue weighted by Gasteiger charge is -2.32. The molecule has 3 nitrogen and oxygen atoms in total. The van der Waals surface area contributed by atoms with Crippen LogP contribution in [0.1, 0.15) is 25.7 Å². The predicted molar refractivity (Wildman–Crippen MR) is 91.8 cm³/mol. The maximum Gasteiger partial charge on any atom is 0.165 e. The van der Waals surface area contributed by atoms with Crippen LogP contribution in [0.25, 0.3) is 10.8 Å². The molecule has 5 heteroatoms. The third-order valence-corrected chi connectivity index (χ3v) is 4.73. The minimum Gasteiger partial charge on any atom is -0.487 e. The van der Waals surface area contributed by atoms with Crippen molar-refractivity contribution in [1.29, 1.82) is 0 Å². The summed E-state index contributed by atoms with van der Waals surface area (Å²) in [5.74, 6) is 1.02. The van der Waals surface area contributed by atoms with Crippen molar-refractivity contribution in [2.24, 2.45) is 5.92 Å². The van der Waals surface area contributed by atoms with E-state index in [1.807, 2.05) is 6.07 Å². The first-order valence-corrected chi connectivity index (χ1v) is 8.20. The van der Waals surface area contributed by atoms with Gasteiger partial charge in [0.2, 0.25) is 0 Å². The molecule has 0 atom stereocenters. The Kier molecular flexibility index (Phi) is 5.02. The summed E-state index contributed by atoms with van der Waals surface area (Å²) in [6, 6.07) is 5.20. The Balaban J connectivity index is 0.00000156. The normalized spacial score (nSPS) is 19.5. The molecule has 1 aromatic carbocycles. The smallest absolute Gasteiger partial charge is 0.165 e. The number of likely N-dealkylation sites (tertiary alicyclic amines) is 1. The third kappa shape index (κ3) is 3.93. The third-order valence-electron chi connectivity index (χ3n) is 4.73. The van der Waals surface area contributed by atoms with Crippen LogP contribution in [0, 0.1) is 11.7 Å². The van der Waals surface area contributed by atoms with Gasteiger partial charge in [-0.2, -0.15) is 0 Å². The first-order chi connectivity index (χ1) is 10.8. The van der Waals surface area contributed by atoms with Gasteiger partial charge in [-0.1, -0.05) is 0 Å². The van der Waals surface area contributed by atoms with Gasteiger partial charge in [0, 0.05) is 37.4 Å². The number of fused-ring (bicyclic) bond motifs is 1. The fourth-order valence-electron chi connectivity index (χ4n) is 3.23. The van der Waals surface area contributed by atoms with Crippen LogP contribution in [0.5, 0.6) is 5.75 Å². The van der Waals surface area contributed by atoms with Gasteiger partial charge in [0.05, 0.1) is 0 Å². The molecular weight excluding hydrogens is 315 g/mol. The SMILES string of the molecule is Cl.Fc1cc2cnccc2cc1OC1CCN(CC2CC2)CC1. The zero-order chi connectivity index (χ0) is 14.9. The summed E-state index contributed by atoms with van der Waals surface area (Å²) in [4.78, 5) is 6.55. The summed E-state index contributed by atoms with van der Waals surface area (Å²) in [6.45, 7) is 3.38. The van der Waals surface area contributed by atoms with Crippen molar-refractivity contribution >= 4 is 23.2 Å². The number of hydrogen-bond acceptors (Lipinski definition) is 3. The number of rotatable bonds is 4. The molecule has 23 heavy (non-hydrogen) atoms. The lowest BCUT2D eigenvalue weighted by atomic mass is 10.1. The van der Waals surface area contributed by atoms with E-state index in [4.69, 9.17) is 4.74 Å². The molecule has 1 saturated heterocycles. The quantitative estimate of drug-likeness (QED) is 0.842. The van der Waals surface area contributed by atoms with Gasteiger partial charge in [0.15, 0.2) is 11.6 Å². The van der Waals surface area contributed by atoms with E-state index in [1.54, 1.807) is 18.5 Å². The van der Waals surface area contributed by atoms with Crippen LogP contribution in [0.15, 0.2) is 30.6 Å². The lowest BCUT2D eigenvalue weighted by Crippen LogP contribution is -2.39. The van der Waals surface area contributed by atoms with Crippen LogP contribution in [0.4, 0.5) is 4.39 Å². The first-order valence-electron chi connectivity index (χ1n) is 8.20. The summed E-state index contributed by atoms with van der Waals surface area (Å²) < 4.78 is 20.1. The van der Waals surface area contributed by atoms with Crippen molar-refractivity contribution < 1.29 is 9.13 Å². The summed E-state index contributed by atoms with van der Waals surface area (Å²) in [7, 11) is 0. The molecule has 1 aromatic heterocycles. The Bertz CT molecular complexity index is 669. The molecule has 0 spiro atoms. The molecule has 2 heterocycles. The van der Waals surface area contributed by atoms with Gasteiger partial charge in [0.1, 0.15) is 6.10 Å². The van der Waals surface area contributed by atoms with Gasteiger partial charge in [-0.05, 0) is 55.2 Å². The van der Waals surface area contributed by atoms with Gasteiger partial charge in [-0.3, -0.25) is 4.98 Å². The molecular formula is C18H22ClFN2O. The Labute approximate surface area is 142 Å². The summed E-state index contributed by atoms with van der Waals surface area (Å²) >= 11 is 0. The molecule has 1 saturated carbocycles. The van der Waals surface area contributed by atoms with Crippen LogP contribution in [0.2, 0.25) is 0 Å². The molecule has 2 fully saturated rings. The molecule has 124 valence electrons. The van der Waals surface area contributed by atoms with E-state index in [2.05, 4.69) is 9.88 Å². The zero-order valence-corrected chi connectivity index (χ0v) is 13.9. The second-order valence-electron chi connectivity index (χ2n) is 6.57. The molecule has 2 aromatic rings. The highest BCUT2D eigenvalue weighted by molar-refractivity contribution is 5.85. The van der Waals surface area contributed by atoms with Gasteiger partial charge in [-0.25, -0.2) is 4.39 Å². The van der Waals surface area contributed by atoms with Crippen molar-refractivity contribution in [3.8, 4) is 5.75 Å². The minimum absolute atomic E-state index is 0. The van der Waals surface area contributed by atoms with Crippen molar-refractivity contribution in [3.05, 3.63) is 36.4 Å². The van der Waals surface area contributed by atoms with E-state index in [0.29, 0.717) is 5.75 Å². The number of benzene rings is 1. The van der Waals surface area contributed by atoms with Crippen molar-refractivity contribution in [1.82, 2.24) is 9.88 Å².